The fourth-order valence-corrected chi connectivity index (χ4v) is 3.31. The first kappa shape index (κ1) is 17.6. The van der Waals surface area contributed by atoms with E-state index in [2.05, 4.69) is 10.2 Å². The zero-order valence-electron chi connectivity index (χ0n) is 14.4. The quantitative estimate of drug-likeness (QED) is 0.825. The number of rotatable bonds is 6. The number of aryl methyl sites for hydroxylation is 1. The van der Waals surface area contributed by atoms with E-state index < -0.39 is 0 Å². The molecule has 0 aromatic heterocycles. The Morgan fingerprint density at radius 3 is 2.76 bits per heavy atom. The Morgan fingerprint density at radius 1 is 1.20 bits per heavy atom. The van der Waals surface area contributed by atoms with Gasteiger partial charge in [0.1, 0.15) is 5.75 Å². The number of ether oxygens (including phenoxy) is 1. The number of methoxy groups -OCH3 is 1. The van der Waals surface area contributed by atoms with E-state index in [1.165, 1.54) is 12.8 Å². The monoisotopic (exact) mass is 358 g/mol. The highest BCUT2D eigenvalue weighted by Crippen LogP contribution is 2.31. The third-order valence-electron chi connectivity index (χ3n) is 4.45. The first-order valence-electron chi connectivity index (χ1n) is 8.63. The average Bonchev–Trinajstić information content (AvgIpc) is 3.15. The molecule has 4 nitrogen and oxygen atoms in total. The second kappa shape index (κ2) is 8.26. The lowest BCUT2D eigenvalue weighted by atomic mass is 10.1. The van der Waals surface area contributed by atoms with Gasteiger partial charge in [0.15, 0.2) is 0 Å². The molecule has 2 aromatic rings. The highest BCUT2D eigenvalue weighted by atomic mass is 35.5. The molecule has 1 aliphatic rings. The van der Waals surface area contributed by atoms with Gasteiger partial charge in [-0.2, -0.15) is 0 Å². The van der Waals surface area contributed by atoms with Crippen LogP contribution in [0.15, 0.2) is 42.5 Å². The zero-order chi connectivity index (χ0) is 17.6. The van der Waals surface area contributed by atoms with Crippen molar-refractivity contribution in [3.63, 3.8) is 0 Å². The van der Waals surface area contributed by atoms with E-state index in [0.29, 0.717) is 17.9 Å². The van der Waals surface area contributed by atoms with Crippen molar-refractivity contribution in [1.29, 1.82) is 0 Å². The first-order valence-corrected chi connectivity index (χ1v) is 9.01. The standard InChI is InChI=1S/C20H23ClN2O2/c1-25-17-6-4-5-15(13-17)7-10-20(24)22-18-14-16(21)8-9-19(18)23-11-2-3-12-23/h4-6,8-9,13-14H,2-3,7,10-12H2,1H3,(H,22,24). The number of benzene rings is 2. The Kier molecular flexibility index (Phi) is 5.82. The van der Waals surface area contributed by atoms with Crippen LogP contribution in [0.5, 0.6) is 5.75 Å². The molecule has 1 N–H and O–H groups in total. The van der Waals surface area contributed by atoms with Gasteiger partial charge in [0.2, 0.25) is 5.91 Å². The maximum absolute atomic E-state index is 12.4. The van der Waals surface area contributed by atoms with Gasteiger partial charge < -0.3 is 15.0 Å². The molecule has 1 fully saturated rings. The zero-order valence-corrected chi connectivity index (χ0v) is 15.2. The molecule has 0 spiro atoms. The summed E-state index contributed by atoms with van der Waals surface area (Å²) >= 11 is 6.13. The second-order valence-corrected chi connectivity index (χ2v) is 6.69. The summed E-state index contributed by atoms with van der Waals surface area (Å²) in [6, 6.07) is 13.5. The molecule has 1 amide bonds. The smallest absolute Gasteiger partial charge is 0.224 e. The predicted octanol–water partition coefficient (Wildman–Crippen LogP) is 4.52. The van der Waals surface area contributed by atoms with Crippen LogP contribution in [0.1, 0.15) is 24.8 Å². The van der Waals surface area contributed by atoms with Crippen LogP contribution in [0, 0.1) is 0 Å². The lowest BCUT2D eigenvalue weighted by Gasteiger charge is -2.22. The minimum Gasteiger partial charge on any atom is -0.497 e. The molecule has 5 heteroatoms. The molecule has 1 aliphatic heterocycles. The van der Waals surface area contributed by atoms with Crippen LogP contribution < -0.4 is 15.0 Å². The summed E-state index contributed by atoms with van der Waals surface area (Å²) in [7, 11) is 1.64. The number of anilines is 2. The molecule has 0 atom stereocenters. The van der Waals surface area contributed by atoms with Gasteiger partial charge in [-0.1, -0.05) is 23.7 Å². The first-order chi connectivity index (χ1) is 12.2. The number of nitrogens with one attached hydrogen (secondary N) is 1. The van der Waals surface area contributed by atoms with Gasteiger partial charge >= 0.3 is 0 Å². The van der Waals surface area contributed by atoms with Crippen LogP contribution in [-0.2, 0) is 11.2 Å². The minimum atomic E-state index is -0.00877. The summed E-state index contributed by atoms with van der Waals surface area (Å²) in [5, 5.41) is 3.66. The van der Waals surface area contributed by atoms with Crippen molar-refractivity contribution < 1.29 is 9.53 Å². The van der Waals surface area contributed by atoms with Crippen molar-refractivity contribution in [3.8, 4) is 5.75 Å². The van der Waals surface area contributed by atoms with Crippen molar-refractivity contribution >= 4 is 28.9 Å². The average molecular weight is 359 g/mol. The van der Waals surface area contributed by atoms with E-state index in [1.807, 2.05) is 42.5 Å². The van der Waals surface area contributed by atoms with Gasteiger partial charge in [0.05, 0.1) is 18.5 Å². The molecular weight excluding hydrogens is 336 g/mol. The van der Waals surface area contributed by atoms with E-state index in [0.717, 1.165) is 35.8 Å². The second-order valence-electron chi connectivity index (χ2n) is 6.26. The van der Waals surface area contributed by atoms with Crippen LogP contribution in [0.3, 0.4) is 0 Å². The Morgan fingerprint density at radius 2 is 2.00 bits per heavy atom. The number of amides is 1. The van der Waals surface area contributed by atoms with Crippen molar-refractivity contribution in [1.82, 2.24) is 0 Å². The molecule has 3 rings (SSSR count). The minimum absolute atomic E-state index is 0.00877. The number of halogens is 1. The van der Waals surface area contributed by atoms with Gasteiger partial charge in [-0.15, -0.1) is 0 Å². The Labute approximate surface area is 153 Å². The SMILES string of the molecule is COc1cccc(CCC(=O)Nc2cc(Cl)ccc2N2CCCC2)c1. The van der Waals surface area contributed by atoms with Gasteiger partial charge in [0.25, 0.3) is 0 Å². The number of nitrogens with zero attached hydrogens (tertiary/aromatic N) is 1. The Bertz CT molecular complexity index is 742. The molecule has 1 heterocycles. The van der Waals surface area contributed by atoms with E-state index in [1.54, 1.807) is 7.11 Å². The molecule has 0 unspecified atom stereocenters. The van der Waals surface area contributed by atoms with Gasteiger partial charge in [-0.25, -0.2) is 0 Å². The van der Waals surface area contributed by atoms with E-state index in [9.17, 15) is 4.79 Å². The van der Waals surface area contributed by atoms with E-state index >= 15 is 0 Å². The van der Waals surface area contributed by atoms with Crippen molar-refractivity contribution in [3.05, 3.63) is 53.1 Å². The molecule has 0 aliphatic carbocycles. The predicted molar refractivity (Wildman–Crippen MR) is 103 cm³/mol. The van der Waals surface area contributed by atoms with E-state index in [4.69, 9.17) is 16.3 Å². The lowest BCUT2D eigenvalue weighted by Crippen LogP contribution is -2.21. The fraction of sp³-hybridized carbons (Fsp3) is 0.350. The van der Waals surface area contributed by atoms with Crippen molar-refractivity contribution in [2.75, 3.05) is 30.4 Å². The van der Waals surface area contributed by atoms with Gasteiger partial charge in [-0.3, -0.25) is 4.79 Å². The third-order valence-corrected chi connectivity index (χ3v) is 4.69. The molecule has 1 saturated heterocycles. The summed E-state index contributed by atoms with van der Waals surface area (Å²) in [6.45, 7) is 2.04. The molecule has 2 aromatic carbocycles. The number of carbonyl (C=O) groups is 1. The fourth-order valence-electron chi connectivity index (χ4n) is 3.14. The molecule has 0 saturated carbocycles. The maximum Gasteiger partial charge on any atom is 0.224 e. The van der Waals surface area contributed by atoms with Gasteiger partial charge in [-0.05, 0) is 55.2 Å². The third kappa shape index (κ3) is 4.67. The summed E-state index contributed by atoms with van der Waals surface area (Å²) in [5.74, 6) is 0.801. The lowest BCUT2D eigenvalue weighted by molar-refractivity contribution is -0.116. The largest absolute Gasteiger partial charge is 0.497 e. The number of carbonyl (C=O) groups excluding carboxylic acids is 1. The van der Waals surface area contributed by atoms with E-state index in [-0.39, 0.29) is 5.91 Å². The van der Waals surface area contributed by atoms with Crippen LogP contribution in [0.2, 0.25) is 5.02 Å². The summed E-state index contributed by atoms with van der Waals surface area (Å²) < 4.78 is 5.22. The van der Waals surface area contributed by atoms with Crippen molar-refractivity contribution in [2.24, 2.45) is 0 Å². The normalized spacial score (nSPS) is 13.8. The number of hydrogen-bond donors (Lipinski definition) is 1. The van der Waals surface area contributed by atoms with Crippen LogP contribution in [0.25, 0.3) is 0 Å². The van der Waals surface area contributed by atoms with Gasteiger partial charge in [0, 0.05) is 24.5 Å². The molecule has 0 radical (unpaired) electrons. The van der Waals surface area contributed by atoms with Crippen LogP contribution in [0.4, 0.5) is 11.4 Å². The van der Waals surface area contributed by atoms with Crippen molar-refractivity contribution in [2.45, 2.75) is 25.7 Å². The van der Waals surface area contributed by atoms with Crippen LogP contribution in [-0.4, -0.2) is 26.1 Å². The molecule has 132 valence electrons. The molecule has 25 heavy (non-hydrogen) atoms. The van der Waals surface area contributed by atoms with Crippen LogP contribution >= 0.6 is 11.6 Å². The maximum atomic E-state index is 12.4. The topological polar surface area (TPSA) is 41.6 Å². The highest BCUT2D eigenvalue weighted by Gasteiger charge is 2.17. The number of hydrogen-bond acceptors (Lipinski definition) is 3. The summed E-state index contributed by atoms with van der Waals surface area (Å²) in [5.41, 5.74) is 2.93. The molecule has 0 bridgehead atoms. The summed E-state index contributed by atoms with van der Waals surface area (Å²) in [6.07, 6.45) is 3.46. The summed E-state index contributed by atoms with van der Waals surface area (Å²) in [4.78, 5) is 14.7. The highest BCUT2D eigenvalue weighted by molar-refractivity contribution is 6.31. The Balaban J connectivity index is 1.65. The Hall–Kier alpha value is -2.20. The molecular formula is C20H23ClN2O2.